The summed E-state index contributed by atoms with van der Waals surface area (Å²) in [6.07, 6.45) is 1.41. The number of fused-ring (bicyclic) bond motifs is 2. The van der Waals surface area contributed by atoms with Crippen molar-refractivity contribution in [3.63, 3.8) is 0 Å². The lowest BCUT2D eigenvalue weighted by Crippen LogP contribution is -2.20. The van der Waals surface area contributed by atoms with Crippen LogP contribution in [0.3, 0.4) is 0 Å². The van der Waals surface area contributed by atoms with Crippen molar-refractivity contribution in [1.29, 1.82) is 0 Å². The molecule has 0 atom stereocenters. The fourth-order valence-corrected chi connectivity index (χ4v) is 4.41. The highest BCUT2D eigenvalue weighted by molar-refractivity contribution is 6.37. The molecule has 3 aromatic carbocycles. The molecule has 0 unspecified atom stereocenters. The number of carbonyl (C=O) groups is 1. The van der Waals surface area contributed by atoms with Gasteiger partial charge in [0.1, 0.15) is 5.58 Å². The van der Waals surface area contributed by atoms with Gasteiger partial charge in [0.15, 0.2) is 18.1 Å². The summed E-state index contributed by atoms with van der Waals surface area (Å²) in [6.45, 7) is -0.354. The topological polar surface area (TPSA) is 95.9 Å². The van der Waals surface area contributed by atoms with E-state index >= 15 is 0 Å². The number of ether oxygens (including phenoxy) is 2. The number of furan rings is 1. The third kappa shape index (κ3) is 5.04. The average Bonchev–Trinajstić information content (AvgIpc) is 3.30. The zero-order chi connectivity index (χ0) is 26.1. The van der Waals surface area contributed by atoms with Gasteiger partial charge < -0.3 is 13.9 Å². The lowest BCUT2D eigenvalue weighted by molar-refractivity contribution is -0.142. The van der Waals surface area contributed by atoms with Gasteiger partial charge in [-0.2, -0.15) is 9.78 Å². The minimum absolute atomic E-state index is 0.122. The molecule has 0 bridgehead atoms. The third-order valence-corrected chi connectivity index (χ3v) is 6.15. The monoisotopic (exact) mass is 555 g/mol. The Kier molecular flexibility index (Phi) is 6.88. The minimum Gasteiger partial charge on any atom is -0.479 e. The molecule has 37 heavy (non-hydrogen) atoms. The summed E-state index contributed by atoms with van der Waals surface area (Å²) in [6, 6.07) is 16.9. The summed E-state index contributed by atoms with van der Waals surface area (Å²) in [5, 5.41) is 6.37. The van der Waals surface area contributed by atoms with Crippen LogP contribution in [0.2, 0.25) is 15.1 Å². The number of nitrogens with zero attached hydrogens (tertiary/aromatic N) is 3. The van der Waals surface area contributed by atoms with Gasteiger partial charge in [-0.3, -0.25) is 4.79 Å². The van der Waals surface area contributed by atoms with Gasteiger partial charge in [0, 0.05) is 10.4 Å². The summed E-state index contributed by atoms with van der Waals surface area (Å²) in [5.74, 6) is 0.0702. The van der Waals surface area contributed by atoms with Gasteiger partial charge in [0.05, 0.1) is 34.3 Å². The molecular formula is C26H16Cl3N3O5. The van der Waals surface area contributed by atoms with Crippen LogP contribution >= 0.6 is 34.8 Å². The molecule has 5 rings (SSSR count). The Morgan fingerprint density at radius 1 is 1.08 bits per heavy atom. The first-order valence-electron chi connectivity index (χ1n) is 10.8. The van der Waals surface area contributed by atoms with E-state index in [9.17, 15) is 9.59 Å². The SMILES string of the molecule is COC(=O)COc1c(Cl)cc(C=Nn2c(-c3cc4cc(Cl)ccc4o3)nc3ccccc3c2=O)cc1Cl. The van der Waals surface area contributed by atoms with Crippen molar-refractivity contribution in [3.8, 4) is 17.3 Å². The quantitative estimate of drug-likeness (QED) is 0.182. The summed E-state index contributed by atoms with van der Waals surface area (Å²) in [4.78, 5) is 29.4. The molecule has 0 aliphatic rings. The van der Waals surface area contributed by atoms with Crippen LogP contribution in [0.4, 0.5) is 0 Å². The van der Waals surface area contributed by atoms with Gasteiger partial charge in [-0.1, -0.05) is 46.9 Å². The Hall–Kier alpha value is -3.85. The van der Waals surface area contributed by atoms with Gasteiger partial charge in [-0.15, -0.1) is 0 Å². The van der Waals surface area contributed by atoms with Gasteiger partial charge in [0.2, 0.25) is 5.82 Å². The van der Waals surface area contributed by atoms with Gasteiger partial charge in [-0.05, 0) is 54.1 Å². The number of carbonyl (C=O) groups excluding carboxylic acids is 1. The van der Waals surface area contributed by atoms with Crippen LogP contribution in [0.25, 0.3) is 33.5 Å². The molecule has 0 N–H and O–H groups in total. The molecule has 0 amide bonds. The number of hydrogen-bond donors (Lipinski definition) is 0. The average molecular weight is 557 g/mol. The van der Waals surface area contributed by atoms with E-state index in [2.05, 4.69) is 14.8 Å². The van der Waals surface area contributed by atoms with E-state index < -0.39 is 11.5 Å². The van der Waals surface area contributed by atoms with Crippen LogP contribution in [0, 0.1) is 0 Å². The second-order valence-electron chi connectivity index (χ2n) is 7.79. The van der Waals surface area contributed by atoms with Gasteiger partial charge >= 0.3 is 5.97 Å². The number of rotatable bonds is 6. The highest BCUT2D eigenvalue weighted by Gasteiger charge is 2.17. The molecule has 0 radical (unpaired) electrons. The molecule has 0 aliphatic carbocycles. The summed E-state index contributed by atoms with van der Waals surface area (Å²) < 4.78 is 17.0. The van der Waals surface area contributed by atoms with Crippen LogP contribution < -0.4 is 10.3 Å². The Bertz CT molecular complexity index is 1740. The first-order chi connectivity index (χ1) is 17.8. The van der Waals surface area contributed by atoms with Crippen molar-refractivity contribution < 1.29 is 18.7 Å². The maximum Gasteiger partial charge on any atom is 0.343 e. The highest BCUT2D eigenvalue weighted by atomic mass is 35.5. The van der Waals surface area contributed by atoms with Crippen molar-refractivity contribution in [2.75, 3.05) is 13.7 Å². The molecule has 11 heteroatoms. The second kappa shape index (κ2) is 10.3. The molecule has 186 valence electrons. The van der Waals surface area contributed by atoms with Crippen molar-refractivity contribution >= 4 is 68.9 Å². The van der Waals surface area contributed by atoms with Crippen LogP contribution in [0.5, 0.6) is 5.75 Å². The molecule has 0 aliphatic heterocycles. The predicted octanol–water partition coefficient (Wildman–Crippen LogP) is 6.20. The number of para-hydroxylation sites is 1. The fourth-order valence-electron chi connectivity index (χ4n) is 3.62. The maximum atomic E-state index is 13.4. The van der Waals surface area contributed by atoms with Crippen LogP contribution in [0.1, 0.15) is 5.56 Å². The predicted molar refractivity (Wildman–Crippen MR) is 143 cm³/mol. The molecular weight excluding hydrogens is 541 g/mol. The first kappa shape index (κ1) is 24.8. The molecule has 0 fully saturated rings. The first-order valence-corrected chi connectivity index (χ1v) is 11.9. The van der Waals surface area contributed by atoms with E-state index in [1.807, 2.05) is 0 Å². The number of methoxy groups -OCH3 is 1. The number of benzene rings is 3. The van der Waals surface area contributed by atoms with E-state index in [0.29, 0.717) is 32.8 Å². The van der Waals surface area contributed by atoms with Crippen LogP contribution in [-0.4, -0.2) is 35.6 Å². The van der Waals surface area contributed by atoms with Crippen molar-refractivity contribution in [3.05, 3.63) is 91.6 Å². The number of halogens is 3. The highest BCUT2D eigenvalue weighted by Crippen LogP contribution is 2.34. The van der Waals surface area contributed by atoms with E-state index in [1.165, 1.54) is 25.5 Å². The van der Waals surface area contributed by atoms with E-state index in [-0.39, 0.29) is 28.2 Å². The largest absolute Gasteiger partial charge is 0.479 e. The maximum absolute atomic E-state index is 13.4. The molecule has 2 aromatic heterocycles. The van der Waals surface area contributed by atoms with E-state index in [4.69, 9.17) is 44.0 Å². The normalized spacial score (nSPS) is 11.5. The standard InChI is InChI=1S/C26H16Cl3N3O5/c1-35-23(33)13-36-24-18(28)8-14(9-19(24)29)12-30-32-25(31-20-5-3-2-4-17(20)26(32)34)22-11-15-10-16(27)6-7-21(15)37-22/h2-12H,13H2,1H3. The molecule has 5 aromatic rings. The Balaban J connectivity index is 1.59. The van der Waals surface area contributed by atoms with E-state index in [0.717, 1.165) is 10.1 Å². The molecule has 0 spiro atoms. The smallest absolute Gasteiger partial charge is 0.343 e. The fraction of sp³-hybridized carbons (Fsp3) is 0.0769. The Morgan fingerprint density at radius 3 is 2.59 bits per heavy atom. The lowest BCUT2D eigenvalue weighted by atomic mass is 10.2. The summed E-state index contributed by atoms with van der Waals surface area (Å²) in [5.41, 5.74) is 1.15. The number of hydrogen-bond acceptors (Lipinski definition) is 7. The zero-order valence-corrected chi connectivity index (χ0v) is 21.3. The molecule has 2 heterocycles. The van der Waals surface area contributed by atoms with Crippen molar-refractivity contribution in [2.45, 2.75) is 0 Å². The van der Waals surface area contributed by atoms with Crippen molar-refractivity contribution in [1.82, 2.24) is 9.66 Å². The minimum atomic E-state index is -0.582. The molecule has 8 nitrogen and oxygen atoms in total. The molecule has 0 saturated heterocycles. The number of aromatic nitrogens is 2. The number of esters is 1. The molecule has 0 saturated carbocycles. The zero-order valence-electron chi connectivity index (χ0n) is 19.1. The van der Waals surface area contributed by atoms with Crippen LogP contribution in [0.15, 0.2) is 75.0 Å². The van der Waals surface area contributed by atoms with E-state index in [1.54, 1.807) is 48.5 Å². The van der Waals surface area contributed by atoms with Gasteiger partial charge in [0.25, 0.3) is 5.56 Å². The lowest BCUT2D eigenvalue weighted by Gasteiger charge is -2.10. The van der Waals surface area contributed by atoms with Crippen LogP contribution in [-0.2, 0) is 9.53 Å². The third-order valence-electron chi connectivity index (χ3n) is 5.36. The second-order valence-corrected chi connectivity index (χ2v) is 9.04. The van der Waals surface area contributed by atoms with Crippen molar-refractivity contribution in [2.24, 2.45) is 5.10 Å². The summed E-state index contributed by atoms with van der Waals surface area (Å²) in [7, 11) is 1.24. The Labute approximate surface area is 224 Å². The van der Waals surface area contributed by atoms with Gasteiger partial charge in [-0.25, -0.2) is 9.78 Å². The summed E-state index contributed by atoms with van der Waals surface area (Å²) >= 11 is 18.7. The Morgan fingerprint density at radius 2 is 1.84 bits per heavy atom.